The fourth-order valence-corrected chi connectivity index (χ4v) is 3.07. The third kappa shape index (κ3) is 5.54. The van der Waals surface area contributed by atoms with Crippen LogP contribution in [0, 0.1) is 11.8 Å². The highest BCUT2D eigenvalue weighted by Gasteiger charge is 2.34. The van der Waals surface area contributed by atoms with Crippen molar-refractivity contribution in [3.8, 4) is 0 Å². The topological polar surface area (TPSA) is 36.9 Å². The van der Waals surface area contributed by atoms with E-state index < -0.39 is 18.0 Å². The number of benzene rings is 1. The van der Waals surface area contributed by atoms with Crippen LogP contribution in [0.25, 0.3) is 0 Å². The molecule has 0 amide bonds. The molecule has 7 heteroatoms. The van der Waals surface area contributed by atoms with Crippen LogP contribution in [-0.4, -0.2) is 32.7 Å². The predicted octanol–water partition coefficient (Wildman–Crippen LogP) is 4.71. The molecule has 0 N–H and O–H groups in total. The van der Waals surface area contributed by atoms with E-state index in [9.17, 15) is 13.2 Å². The maximum atomic E-state index is 12.6. The van der Waals surface area contributed by atoms with Gasteiger partial charge in [0.25, 0.3) is 0 Å². The van der Waals surface area contributed by atoms with Gasteiger partial charge in [0.15, 0.2) is 12.6 Å². The van der Waals surface area contributed by atoms with Gasteiger partial charge in [-0.3, -0.25) is 0 Å². The first-order valence-electron chi connectivity index (χ1n) is 9.27. The number of allylic oxidation sites excluding steroid dienone is 1. The molecule has 0 bridgehead atoms. The van der Waals surface area contributed by atoms with Crippen LogP contribution in [0.3, 0.4) is 0 Å². The number of ether oxygens (including phenoxy) is 4. The molecule has 0 saturated carbocycles. The van der Waals surface area contributed by atoms with Crippen molar-refractivity contribution >= 4 is 0 Å². The molecule has 1 aromatic carbocycles. The molecule has 2 aliphatic heterocycles. The van der Waals surface area contributed by atoms with Crippen LogP contribution >= 0.6 is 0 Å². The zero-order valence-electron chi connectivity index (χ0n) is 15.3. The second-order valence-corrected chi connectivity index (χ2v) is 6.89. The molecule has 2 saturated heterocycles. The largest absolute Gasteiger partial charge is 0.416 e. The maximum Gasteiger partial charge on any atom is 0.416 e. The monoisotopic (exact) mass is 386 g/mol. The van der Waals surface area contributed by atoms with E-state index in [-0.39, 0.29) is 18.1 Å². The normalized spacial score (nSPS) is 29.9. The third-order valence-corrected chi connectivity index (χ3v) is 4.63. The molecule has 27 heavy (non-hydrogen) atoms. The van der Waals surface area contributed by atoms with Gasteiger partial charge in [-0.1, -0.05) is 37.6 Å². The van der Waals surface area contributed by atoms with Gasteiger partial charge in [0, 0.05) is 11.5 Å². The first-order valence-corrected chi connectivity index (χ1v) is 9.27. The van der Waals surface area contributed by atoms with E-state index in [1.165, 1.54) is 12.1 Å². The average molecular weight is 386 g/mol. The summed E-state index contributed by atoms with van der Waals surface area (Å²) in [6.07, 6.45) is 1.05. The molecule has 4 nitrogen and oxygen atoms in total. The molecule has 150 valence electrons. The van der Waals surface area contributed by atoms with Gasteiger partial charge in [-0.2, -0.15) is 13.2 Å². The van der Waals surface area contributed by atoms with E-state index in [1.807, 2.05) is 0 Å². The van der Waals surface area contributed by atoms with Crippen LogP contribution in [0.5, 0.6) is 0 Å². The lowest BCUT2D eigenvalue weighted by Gasteiger charge is -2.37. The molecule has 3 rings (SSSR count). The van der Waals surface area contributed by atoms with Crippen molar-refractivity contribution in [3.05, 3.63) is 47.5 Å². The summed E-state index contributed by atoms with van der Waals surface area (Å²) in [6, 6.07) is 4.84. The second-order valence-electron chi connectivity index (χ2n) is 6.89. The molecule has 0 atom stereocenters. The molecule has 2 fully saturated rings. The highest BCUT2D eigenvalue weighted by molar-refractivity contribution is 5.25. The first kappa shape index (κ1) is 20.3. The van der Waals surface area contributed by atoms with E-state index >= 15 is 0 Å². The minimum absolute atomic E-state index is 0.0590. The Morgan fingerprint density at radius 2 is 1.59 bits per heavy atom. The number of rotatable bonds is 5. The zero-order valence-corrected chi connectivity index (χ0v) is 15.3. The van der Waals surface area contributed by atoms with Gasteiger partial charge in [0.2, 0.25) is 0 Å². The second kappa shape index (κ2) is 9.19. The summed E-state index contributed by atoms with van der Waals surface area (Å²) in [5, 5.41) is 0. The Labute approximate surface area is 157 Å². The molecule has 0 aliphatic carbocycles. The standard InChI is InChI=1S/C20H25F3O4/c1-2-3-4-5-14-10-24-19(25-11-14)16-12-26-18(27-13-16)15-6-8-17(9-7-15)20(21,22)23/h4-9,14,16,18-19H,2-3,10-13H2,1H3/b5-4+. The van der Waals surface area contributed by atoms with Crippen molar-refractivity contribution in [2.24, 2.45) is 11.8 Å². The number of hydrogen-bond donors (Lipinski definition) is 0. The van der Waals surface area contributed by atoms with E-state index in [2.05, 4.69) is 19.1 Å². The van der Waals surface area contributed by atoms with Crippen LogP contribution in [0.4, 0.5) is 13.2 Å². The van der Waals surface area contributed by atoms with Crippen molar-refractivity contribution in [1.29, 1.82) is 0 Å². The summed E-state index contributed by atoms with van der Waals surface area (Å²) in [7, 11) is 0. The zero-order chi connectivity index (χ0) is 19.3. The van der Waals surface area contributed by atoms with Gasteiger partial charge in [0.1, 0.15) is 0 Å². The van der Waals surface area contributed by atoms with Gasteiger partial charge >= 0.3 is 6.18 Å². The van der Waals surface area contributed by atoms with Crippen LogP contribution in [0.15, 0.2) is 36.4 Å². The smallest absolute Gasteiger partial charge is 0.351 e. The molecular weight excluding hydrogens is 361 g/mol. The Bertz CT molecular complexity index is 599. The van der Waals surface area contributed by atoms with E-state index in [0.29, 0.717) is 32.0 Å². The first-order chi connectivity index (χ1) is 13.0. The summed E-state index contributed by atoms with van der Waals surface area (Å²) in [4.78, 5) is 0. The molecule has 0 spiro atoms. The summed E-state index contributed by atoms with van der Waals surface area (Å²) in [6.45, 7) is 4.07. The van der Waals surface area contributed by atoms with Gasteiger partial charge in [-0.05, 0) is 18.6 Å². The molecule has 0 radical (unpaired) electrons. The lowest BCUT2D eigenvalue weighted by atomic mass is 10.1. The SMILES string of the molecule is CCC/C=C/C1COC(C2COC(c3ccc(C(F)(F)F)cc3)OC2)OC1. The maximum absolute atomic E-state index is 12.6. The highest BCUT2D eigenvalue weighted by atomic mass is 19.4. The van der Waals surface area contributed by atoms with Crippen molar-refractivity contribution in [3.63, 3.8) is 0 Å². The number of hydrogen-bond acceptors (Lipinski definition) is 4. The Hall–Kier alpha value is -1.41. The number of halogens is 3. The fraction of sp³-hybridized carbons (Fsp3) is 0.600. The minimum atomic E-state index is -4.35. The third-order valence-electron chi connectivity index (χ3n) is 4.63. The van der Waals surface area contributed by atoms with Crippen molar-refractivity contribution < 1.29 is 32.1 Å². The van der Waals surface area contributed by atoms with E-state index in [0.717, 1.165) is 25.0 Å². The van der Waals surface area contributed by atoms with Crippen molar-refractivity contribution in [2.75, 3.05) is 26.4 Å². The van der Waals surface area contributed by atoms with Crippen molar-refractivity contribution in [2.45, 2.75) is 38.5 Å². The summed E-state index contributed by atoms with van der Waals surface area (Å²) in [5.74, 6) is 0.203. The summed E-state index contributed by atoms with van der Waals surface area (Å²) < 4.78 is 60.9. The molecule has 0 unspecified atom stereocenters. The molecule has 1 aromatic rings. The molecule has 2 heterocycles. The Morgan fingerprint density at radius 1 is 0.963 bits per heavy atom. The van der Waals surface area contributed by atoms with Crippen LogP contribution in [0.2, 0.25) is 0 Å². The summed E-state index contributed by atoms with van der Waals surface area (Å²) in [5.41, 5.74) is -0.125. The minimum Gasteiger partial charge on any atom is -0.351 e. The highest BCUT2D eigenvalue weighted by Crippen LogP contribution is 2.33. The van der Waals surface area contributed by atoms with Gasteiger partial charge in [-0.25, -0.2) is 0 Å². The van der Waals surface area contributed by atoms with Gasteiger partial charge in [0.05, 0.1) is 37.9 Å². The Balaban J connectivity index is 1.45. The predicted molar refractivity (Wildman–Crippen MR) is 92.8 cm³/mol. The fourth-order valence-electron chi connectivity index (χ4n) is 3.07. The Morgan fingerprint density at radius 3 is 2.15 bits per heavy atom. The van der Waals surface area contributed by atoms with Gasteiger partial charge < -0.3 is 18.9 Å². The van der Waals surface area contributed by atoms with E-state index in [4.69, 9.17) is 18.9 Å². The number of unbranched alkanes of at least 4 members (excludes halogenated alkanes) is 1. The number of alkyl halides is 3. The Kier molecular flexibility index (Phi) is 6.92. The molecular formula is C20H25F3O4. The van der Waals surface area contributed by atoms with Gasteiger partial charge in [-0.15, -0.1) is 0 Å². The average Bonchev–Trinajstić information content (AvgIpc) is 2.68. The summed E-state index contributed by atoms with van der Waals surface area (Å²) >= 11 is 0. The lowest BCUT2D eigenvalue weighted by Crippen LogP contribution is -2.42. The van der Waals surface area contributed by atoms with Crippen LogP contribution < -0.4 is 0 Å². The van der Waals surface area contributed by atoms with Crippen LogP contribution in [-0.2, 0) is 25.1 Å². The molecule has 2 aliphatic rings. The van der Waals surface area contributed by atoms with Crippen molar-refractivity contribution in [1.82, 2.24) is 0 Å². The molecule has 0 aromatic heterocycles. The van der Waals surface area contributed by atoms with Crippen LogP contribution in [0.1, 0.15) is 37.2 Å². The lowest BCUT2D eigenvalue weighted by molar-refractivity contribution is -0.280. The quantitative estimate of drug-likeness (QED) is 0.687. The van der Waals surface area contributed by atoms with E-state index in [1.54, 1.807) is 0 Å².